The van der Waals surface area contributed by atoms with Crippen molar-refractivity contribution in [3.05, 3.63) is 28.3 Å². The van der Waals surface area contributed by atoms with Gasteiger partial charge in [-0.2, -0.15) is 0 Å². The molecule has 3 N–H and O–H groups in total. The molecule has 0 spiro atoms. The van der Waals surface area contributed by atoms with Crippen LogP contribution in [-0.4, -0.2) is 11.7 Å². The van der Waals surface area contributed by atoms with Crippen molar-refractivity contribution in [3.63, 3.8) is 0 Å². The Hall–Kier alpha value is -0.730. The van der Waals surface area contributed by atoms with Gasteiger partial charge in [-0.3, -0.25) is 0 Å². The number of aromatic hydroxyl groups is 1. The van der Waals surface area contributed by atoms with Gasteiger partial charge in [0.05, 0.1) is 0 Å². The highest BCUT2D eigenvalue weighted by Crippen LogP contribution is 2.47. The van der Waals surface area contributed by atoms with E-state index in [-0.39, 0.29) is 5.41 Å². The lowest BCUT2D eigenvalue weighted by atomic mass is 9.64. The van der Waals surface area contributed by atoms with Gasteiger partial charge in [0.15, 0.2) is 0 Å². The Labute approximate surface area is 108 Å². The number of phenols is 1. The van der Waals surface area contributed by atoms with Gasteiger partial charge >= 0.3 is 0 Å². The Morgan fingerprint density at radius 1 is 1.41 bits per heavy atom. The average molecular weight is 254 g/mol. The molecular formula is C14H20ClNO. The molecule has 0 amide bonds. The van der Waals surface area contributed by atoms with Crippen LogP contribution in [0.4, 0.5) is 0 Å². The molecule has 3 heteroatoms. The van der Waals surface area contributed by atoms with Crippen LogP contribution in [0.5, 0.6) is 5.75 Å². The topological polar surface area (TPSA) is 46.2 Å². The lowest BCUT2D eigenvalue weighted by Gasteiger charge is -2.42. The fourth-order valence-corrected chi connectivity index (χ4v) is 3.01. The molecule has 0 unspecified atom stereocenters. The number of rotatable bonds is 3. The third kappa shape index (κ3) is 2.04. The molecule has 0 bridgehead atoms. The molecule has 0 aromatic heterocycles. The molecule has 0 atom stereocenters. The standard InChI is InChI=1S/C14H20ClNO/c1-9(2)10-6-13(17)11(7-12(10)15)14(8-16)4-3-5-14/h6-7,9,17H,3-5,8,16H2,1-2H3. The number of benzene rings is 1. The SMILES string of the molecule is CC(C)c1cc(O)c(C2(CN)CCC2)cc1Cl. The fraction of sp³-hybridized carbons (Fsp3) is 0.571. The molecular weight excluding hydrogens is 234 g/mol. The van der Waals surface area contributed by atoms with Crippen molar-refractivity contribution in [1.29, 1.82) is 0 Å². The first-order chi connectivity index (χ1) is 8.00. The van der Waals surface area contributed by atoms with Crippen molar-refractivity contribution in [1.82, 2.24) is 0 Å². The Kier molecular flexibility index (Phi) is 3.37. The molecule has 1 saturated carbocycles. The second-order valence-corrected chi connectivity index (χ2v) is 5.79. The summed E-state index contributed by atoms with van der Waals surface area (Å²) < 4.78 is 0. The third-order valence-electron chi connectivity index (χ3n) is 4.01. The first-order valence-corrected chi connectivity index (χ1v) is 6.61. The Bertz CT molecular complexity index is 419. The van der Waals surface area contributed by atoms with E-state index in [4.69, 9.17) is 17.3 Å². The van der Waals surface area contributed by atoms with Gasteiger partial charge in [-0.25, -0.2) is 0 Å². The summed E-state index contributed by atoms with van der Waals surface area (Å²) in [6.45, 7) is 4.72. The zero-order chi connectivity index (χ0) is 12.6. The number of phenolic OH excluding ortho intramolecular Hbond substituents is 1. The van der Waals surface area contributed by atoms with Gasteiger partial charge in [0.1, 0.15) is 5.75 Å². The number of halogens is 1. The van der Waals surface area contributed by atoms with E-state index < -0.39 is 0 Å². The Morgan fingerprint density at radius 3 is 2.47 bits per heavy atom. The summed E-state index contributed by atoms with van der Waals surface area (Å²) in [5, 5.41) is 10.9. The summed E-state index contributed by atoms with van der Waals surface area (Å²) >= 11 is 6.29. The third-order valence-corrected chi connectivity index (χ3v) is 4.34. The maximum absolute atomic E-state index is 10.2. The van der Waals surface area contributed by atoms with E-state index in [1.807, 2.05) is 6.07 Å². The molecule has 1 aliphatic rings. The van der Waals surface area contributed by atoms with Gasteiger partial charge in [0.25, 0.3) is 0 Å². The van der Waals surface area contributed by atoms with Gasteiger partial charge in [0.2, 0.25) is 0 Å². The van der Waals surface area contributed by atoms with Crippen LogP contribution in [-0.2, 0) is 5.41 Å². The van der Waals surface area contributed by atoms with E-state index >= 15 is 0 Å². The van der Waals surface area contributed by atoms with E-state index in [1.165, 1.54) is 6.42 Å². The maximum Gasteiger partial charge on any atom is 0.119 e. The van der Waals surface area contributed by atoms with Crippen LogP contribution in [0.1, 0.15) is 50.2 Å². The van der Waals surface area contributed by atoms with Crippen LogP contribution in [0.15, 0.2) is 12.1 Å². The summed E-state index contributed by atoms with van der Waals surface area (Å²) in [5.74, 6) is 0.668. The predicted molar refractivity (Wildman–Crippen MR) is 71.8 cm³/mol. The molecule has 17 heavy (non-hydrogen) atoms. The minimum Gasteiger partial charge on any atom is -0.508 e. The molecule has 0 heterocycles. The van der Waals surface area contributed by atoms with Gasteiger partial charge in [0, 0.05) is 22.5 Å². The summed E-state index contributed by atoms with van der Waals surface area (Å²) in [6, 6.07) is 3.72. The monoisotopic (exact) mass is 253 g/mol. The van der Waals surface area contributed by atoms with Gasteiger partial charge in [-0.05, 0) is 36.5 Å². The van der Waals surface area contributed by atoms with Crippen LogP contribution in [0.3, 0.4) is 0 Å². The van der Waals surface area contributed by atoms with Crippen molar-refractivity contribution in [3.8, 4) is 5.75 Å². The van der Waals surface area contributed by atoms with Crippen LogP contribution >= 0.6 is 11.6 Å². The zero-order valence-electron chi connectivity index (χ0n) is 10.5. The Morgan fingerprint density at radius 2 is 2.06 bits per heavy atom. The molecule has 1 aromatic rings. The van der Waals surface area contributed by atoms with Gasteiger partial charge in [-0.1, -0.05) is 31.9 Å². The van der Waals surface area contributed by atoms with Crippen LogP contribution in [0.25, 0.3) is 0 Å². The summed E-state index contributed by atoms with van der Waals surface area (Å²) in [4.78, 5) is 0. The first kappa shape index (κ1) is 12.7. The van der Waals surface area contributed by atoms with Crippen LogP contribution in [0.2, 0.25) is 5.02 Å². The zero-order valence-corrected chi connectivity index (χ0v) is 11.2. The second-order valence-electron chi connectivity index (χ2n) is 5.38. The van der Waals surface area contributed by atoms with Crippen LogP contribution in [0, 0.1) is 0 Å². The van der Waals surface area contributed by atoms with E-state index in [9.17, 15) is 5.11 Å². The van der Waals surface area contributed by atoms with Crippen molar-refractivity contribution in [2.75, 3.05) is 6.54 Å². The molecule has 0 radical (unpaired) electrons. The summed E-state index contributed by atoms with van der Waals surface area (Å²) in [5.41, 5.74) is 7.76. The molecule has 1 aliphatic carbocycles. The average Bonchev–Trinajstić information content (AvgIpc) is 2.21. The lowest BCUT2D eigenvalue weighted by Crippen LogP contribution is -2.41. The van der Waals surface area contributed by atoms with E-state index in [1.54, 1.807) is 6.07 Å². The smallest absolute Gasteiger partial charge is 0.119 e. The highest BCUT2D eigenvalue weighted by molar-refractivity contribution is 6.31. The predicted octanol–water partition coefficient (Wildman–Crippen LogP) is 3.55. The summed E-state index contributed by atoms with van der Waals surface area (Å²) in [7, 11) is 0. The minimum absolute atomic E-state index is 0.0385. The van der Waals surface area contributed by atoms with Gasteiger partial charge in [-0.15, -0.1) is 0 Å². The lowest BCUT2D eigenvalue weighted by molar-refractivity contribution is 0.245. The first-order valence-electron chi connectivity index (χ1n) is 6.23. The van der Waals surface area contributed by atoms with Crippen molar-refractivity contribution in [2.45, 2.75) is 44.4 Å². The van der Waals surface area contributed by atoms with Crippen LogP contribution < -0.4 is 5.73 Å². The number of nitrogens with two attached hydrogens (primary N) is 1. The quantitative estimate of drug-likeness (QED) is 0.865. The largest absolute Gasteiger partial charge is 0.508 e. The van der Waals surface area contributed by atoms with E-state index in [0.717, 1.165) is 29.0 Å². The highest BCUT2D eigenvalue weighted by atomic mass is 35.5. The fourth-order valence-electron chi connectivity index (χ4n) is 2.63. The van der Waals surface area contributed by atoms with Gasteiger partial charge < -0.3 is 10.8 Å². The second kappa shape index (κ2) is 4.51. The van der Waals surface area contributed by atoms with Crippen molar-refractivity contribution >= 4 is 11.6 Å². The molecule has 1 fully saturated rings. The normalized spacial score (nSPS) is 18.2. The maximum atomic E-state index is 10.2. The molecule has 1 aromatic carbocycles. The van der Waals surface area contributed by atoms with Crippen molar-refractivity contribution in [2.24, 2.45) is 5.73 Å². The van der Waals surface area contributed by atoms with Crippen molar-refractivity contribution < 1.29 is 5.11 Å². The van der Waals surface area contributed by atoms with E-state index in [0.29, 0.717) is 18.2 Å². The molecule has 2 rings (SSSR count). The number of hydrogen-bond donors (Lipinski definition) is 2. The molecule has 0 aliphatic heterocycles. The molecule has 94 valence electrons. The number of hydrogen-bond acceptors (Lipinski definition) is 2. The molecule has 0 saturated heterocycles. The Balaban J connectivity index is 2.46. The highest BCUT2D eigenvalue weighted by Gasteiger charge is 2.39. The molecule has 2 nitrogen and oxygen atoms in total. The van der Waals surface area contributed by atoms with E-state index in [2.05, 4.69) is 13.8 Å². The minimum atomic E-state index is -0.0385. The summed E-state index contributed by atoms with van der Waals surface area (Å²) in [6.07, 6.45) is 3.28.